The molecule has 2 N–H and O–H groups in total. The Morgan fingerprint density at radius 1 is 1.40 bits per heavy atom. The van der Waals surface area contributed by atoms with E-state index in [1.807, 2.05) is 13.8 Å². The van der Waals surface area contributed by atoms with Gasteiger partial charge < -0.3 is 10.4 Å². The largest absolute Gasteiger partial charge is 0.395 e. The number of hydrogen-bond donors (Lipinski definition) is 2. The maximum Gasteiger partial charge on any atom is 0.146 e. The van der Waals surface area contributed by atoms with Crippen molar-refractivity contribution in [3.05, 3.63) is 35.4 Å². The number of rotatable bonds is 6. The molecular weight excluding hydrogens is 255 g/mol. The number of aliphatic hydroxyl groups is 1. The first kappa shape index (κ1) is 15.1. The minimum absolute atomic E-state index is 0.0365. The zero-order chi connectivity index (χ0) is 14.5. The average Bonchev–Trinajstić information content (AvgIpc) is 2.95. The van der Waals surface area contributed by atoms with Gasteiger partial charge in [-0.2, -0.15) is 0 Å². The number of aliphatic hydroxyl groups excluding tert-OH is 1. The maximum absolute atomic E-state index is 13.8. The molecular formula is C16H23FN2O. The minimum Gasteiger partial charge on any atom is -0.395 e. The van der Waals surface area contributed by atoms with Crippen LogP contribution < -0.4 is 5.32 Å². The Labute approximate surface area is 119 Å². The van der Waals surface area contributed by atoms with Gasteiger partial charge in [0, 0.05) is 12.6 Å². The van der Waals surface area contributed by atoms with E-state index in [1.54, 1.807) is 6.07 Å². The predicted octanol–water partition coefficient (Wildman–Crippen LogP) is 2.89. The van der Waals surface area contributed by atoms with Crippen LogP contribution in [0.2, 0.25) is 0 Å². The molecule has 0 saturated carbocycles. The van der Waals surface area contributed by atoms with E-state index in [-0.39, 0.29) is 18.5 Å². The van der Waals surface area contributed by atoms with Gasteiger partial charge in [0.05, 0.1) is 18.0 Å². The quantitative estimate of drug-likeness (QED) is 0.841. The second kappa shape index (κ2) is 6.95. The van der Waals surface area contributed by atoms with E-state index in [1.165, 1.54) is 11.6 Å². The molecule has 1 atom stereocenters. The zero-order valence-corrected chi connectivity index (χ0v) is 12.2. The van der Waals surface area contributed by atoms with Gasteiger partial charge in [-0.3, -0.25) is 0 Å². The lowest BCUT2D eigenvalue weighted by atomic mass is 10.1. The van der Waals surface area contributed by atoms with Crippen molar-refractivity contribution in [3.63, 3.8) is 0 Å². The highest BCUT2D eigenvalue weighted by Crippen LogP contribution is 2.26. The van der Waals surface area contributed by atoms with Gasteiger partial charge in [0.2, 0.25) is 0 Å². The Balaban J connectivity index is 2.08. The van der Waals surface area contributed by atoms with E-state index in [2.05, 4.69) is 16.4 Å². The molecule has 0 aliphatic heterocycles. The first-order valence-electron chi connectivity index (χ1n) is 7.31. The van der Waals surface area contributed by atoms with E-state index < -0.39 is 0 Å². The Bertz CT molecular complexity index is 485. The monoisotopic (exact) mass is 278 g/mol. The first-order chi connectivity index (χ1) is 9.61. The summed E-state index contributed by atoms with van der Waals surface area (Å²) in [6.07, 6.45) is 5.45. The molecule has 1 heterocycles. The summed E-state index contributed by atoms with van der Waals surface area (Å²) < 4.78 is 13.8. The number of nitrogens with one attached hydrogen (secondary N) is 1. The van der Waals surface area contributed by atoms with Crippen LogP contribution >= 0.6 is 0 Å². The van der Waals surface area contributed by atoms with E-state index in [4.69, 9.17) is 0 Å². The number of pyridine rings is 1. The Morgan fingerprint density at radius 3 is 2.80 bits per heavy atom. The highest BCUT2D eigenvalue weighted by atomic mass is 19.1. The highest BCUT2D eigenvalue weighted by molar-refractivity contribution is 5.64. The van der Waals surface area contributed by atoms with Crippen LogP contribution in [0.3, 0.4) is 0 Å². The van der Waals surface area contributed by atoms with Crippen molar-refractivity contribution in [2.24, 2.45) is 5.92 Å². The normalized spacial score (nSPS) is 16.6. The highest BCUT2D eigenvalue weighted by Gasteiger charge is 2.15. The van der Waals surface area contributed by atoms with Gasteiger partial charge in [-0.25, -0.2) is 9.37 Å². The summed E-state index contributed by atoms with van der Waals surface area (Å²) in [6.45, 7) is 4.44. The summed E-state index contributed by atoms with van der Waals surface area (Å²) in [6, 6.07) is 3.20. The standard InChI is InChI=1S/C16H23FN2O/c1-11(2)16(10-20)18-9-15-13(17)7-8-14(19-15)12-5-3-4-6-12/h5,7-8,11,16,18,20H,3-4,6,9-10H2,1-2H3/t16-/m0/s1. The third-order valence-electron chi connectivity index (χ3n) is 3.82. The summed E-state index contributed by atoms with van der Waals surface area (Å²) >= 11 is 0. The molecule has 0 saturated heterocycles. The molecule has 0 aromatic carbocycles. The number of nitrogens with zero attached hydrogens (tertiary/aromatic N) is 1. The van der Waals surface area contributed by atoms with E-state index in [0.29, 0.717) is 18.2 Å². The fourth-order valence-electron chi connectivity index (χ4n) is 2.43. The van der Waals surface area contributed by atoms with Crippen molar-refractivity contribution < 1.29 is 9.50 Å². The first-order valence-corrected chi connectivity index (χ1v) is 7.31. The third-order valence-corrected chi connectivity index (χ3v) is 3.82. The van der Waals surface area contributed by atoms with Crippen LogP contribution in [0.15, 0.2) is 18.2 Å². The fraction of sp³-hybridized carbons (Fsp3) is 0.562. The SMILES string of the molecule is CC(C)[C@H](CO)NCc1nc(C2=CCCC2)ccc1F. The van der Waals surface area contributed by atoms with Gasteiger partial charge in [0.1, 0.15) is 5.82 Å². The summed E-state index contributed by atoms with van der Waals surface area (Å²) in [5.74, 6) is 0.00378. The Hall–Kier alpha value is -1.26. The average molecular weight is 278 g/mol. The zero-order valence-electron chi connectivity index (χ0n) is 12.2. The molecule has 0 bridgehead atoms. The van der Waals surface area contributed by atoms with Crippen molar-refractivity contribution in [2.45, 2.75) is 45.7 Å². The molecule has 1 aliphatic rings. The van der Waals surface area contributed by atoms with Gasteiger partial charge in [-0.15, -0.1) is 0 Å². The van der Waals surface area contributed by atoms with Crippen LogP contribution in [-0.4, -0.2) is 22.7 Å². The van der Waals surface area contributed by atoms with Crippen molar-refractivity contribution in [2.75, 3.05) is 6.61 Å². The van der Waals surface area contributed by atoms with Gasteiger partial charge in [0.25, 0.3) is 0 Å². The number of halogens is 1. The van der Waals surface area contributed by atoms with Crippen LogP contribution in [0.1, 0.15) is 44.5 Å². The van der Waals surface area contributed by atoms with E-state index in [9.17, 15) is 9.50 Å². The summed E-state index contributed by atoms with van der Waals surface area (Å²) in [5, 5.41) is 12.5. The molecule has 0 amide bonds. The molecule has 110 valence electrons. The lowest BCUT2D eigenvalue weighted by molar-refractivity contribution is 0.209. The van der Waals surface area contributed by atoms with Crippen molar-refractivity contribution in [1.29, 1.82) is 0 Å². The van der Waals surface area contributed by atoms with Crippen LogP contribution in [-0.2, 0) is 6.54 Å². The fourth-order valence-corrected chi connectivity index (χ4v) is 2.43. The molecule has 20 heavy (non-hydrogen) atoms. The van der Waals surface area contributed by atoms with E-state index in [0.717, 1.165) is 25.0 Å². The number of allylic oxidation sites excluding steroid dienone is 2. The Kier molecular flexibility index (Phi) is 5.26. The number of hydrogen-bond acceptors (Lipinski definition) is 3. The second-order valence-corrected chi connectivity index (χ2v) is 5.66. The Morgan fingerprint density at radius 2 is 2.20 bits per heavy atom. The van der Waals surface area contributed by atoms with Gasteiger partial charge >= 0.3 is 0 Å². The lowest BCUT2D eigenvalue weighted by Crippen LogP contribution is -2.37. The van der Waals surface area contributed by atoms with Crippen molar-refractivity contribution in [1.82, 2.24) is 10.3 Å². The third kappa shape index (κ3) is 3.64. The van der Waals surface area contributed by atoms with Gasteiger partial charge in [-0.1, -0.05) is 19.9 Å². The number of aromatic nitrogens is 1. The predicted molar refractivity (Wildman–Crippen MR) is 78.6 cm³/mol. The van der Waals surface area contributed by atoms with Crippen LogP contribution in [0.25, 0.3) is 5.57 Å². The summed E-state index contributed by atoms with van der Waals surface area (Å²) in [5.41, 5.74) is 2.52. The molecule has 0 fully saturated rings. The lowest BCUT2D eigenvalue weighted by Gasteiger charge is -2.20. The smallest absolute Gasteiger partial charge is 0.146 e. The molecule has 1 aromatic heterocycles. The molecule has 3 nitrogen and oxygen atoms in total. The molecule has 0 radical (unpaired) electrons. The molecule has 4 heteroatoms. The van der Waals surface area contributed by atoms with Crippen molar-refractivity contribution >= 4 is 5.57 Å². The second-order valence-electron chi connectivity index (χ2n) is 5.66. The van der Waals surface area contributed by atoms with Gasteiger partial charge in [0.15, 0.2) is 0 Å². The summed E-state index contributed by atoms with van der Waals surface area (Å²) in [4.78, 5) is 4.43. The van der Waals surface area contributed by atoms with Crippen LogP contribution in [0.5, 0.6) is 0 Å². The molecule has 1 aromatic rings. The van der Waals surface area contributed by atoms with E-state index >= 15 is 0 Å². The maximum atomic E-state index is 13.8. The minimum atomic E-state index is -0.291. The van der Waals surface area contributed by atoms with Crippen LogP contribution in [0, 0.1) is 11.7 Å². The van der Waals surface area contributed by atoms with Gasteiger partial charge in [-0.05, 0) is 42.9 Å². The molecule has 0 unspecified atom stereocenters. The molecule has 2 rings (SSSR count). The topological polar surface area (TPSA) is 45.1 Å². The van der Waals surface area contributed by atoms with Crippen LogP contribution in [0.4, 0.5) is 4.39 Å². The molecule has 1 aliphatic carbocycles. The van der Waals surface area contributed by atoms with Crippen molar-refractivity contribution in [3.8, 4) is 0 Å². The molecule has 0 spiro atoms. The summed E-state index contributed by atoms with van der Waals surface area (Å²) in [7, 11) is 0.